The van der Waals surface area contributed by atoms with Crippen molar-refractivity contribution >= 4 is 27.5 Å². The van der Waals surface area contributed by atoms with Crippen LogP contribution in [0.25, 0.3) is 0 Å². The Hall–Kier alpha value is -1.55. The molecule has 1 aliphatic rings. The lowest BCUT2D eigenvalue weighted by Crippen LogP contribution is -1.97. The highest BCUT2D eigenvalue weighted by atomic mass is 79.9. The predicted octanol–water partition coefficient (Wildman–Crippen LogP) is 4.02. The van der Waals surface area contributed by atoms with Crippen molar-refractivity contribution in [1.82, 2.24) is 0 Å². The third kappa shape index (κ3) is 2.13. The van der Waals surface area contributed by atoms with Crippen LogP contribution in [0.15, 0.2) is 34.8 Å². The fourth-order valence-corrected chi connectivity index (χ4v) is 2.55. The Morgan fingerprint density at radius 1 is 1.18 bits per heavy atom. The molecule has 1 aromatic carbocycles. The molecule has 2 nitrogen and oxygen atoms in total. The highest BCUT2D eigenvalue weighted by Gasteiger charge is 2.19. The lowest BCUT2D eigenvalue weighted by atomic mass is 9.96. The maximum atomic E-state index is 8.99. The summed E-state index contributed by atoms with van der Waals surface area (Å²) in [6.45, 7) is 0. The van der Waals surface area contributed by atoms with Crippen LogP contribution in [0.1, 0.15) is 22.6 Å². The monoisotopic (exact) mass is 304 g/mol. The SMILES string of the molecule is N#Cc1cc(Cl)c(C2C=CC=C2Br)cc1C#N. The van der Waals surface area contributed by atoms with Crippen molar-refractivity contribution in [2.24, 2.45) is 0 Å². The zero-order valence-electron chi connectivity index (χ0n) is 8.61. The summed E-state index contributed by atoms with van der Waals surface area (Å²) in [4.78, 5) is 0. The number of allylic oxidation sites excluding steroid dienone is 4. The third-order valence-corrected chi connectivity index (χ3v) is 3.65. The van der Waals surface area contributed by atoms with E-state index in [0.29, 0.717) is 16.1 Å². The maximum Gasteiger partial charge on any atom is 0.101 e. The van der Waals surface area contributed by atoms with Crippen LogP contribution in [0.5, 0.6) is 0 Å². The van der Waals surface area contributed by atoms with Gasteiger partial charge in [0.15, 0.2) is 0 Å². The van der Waals surface area contributed by atoms with Crippen LogP contribution >= 0.6 is 27.5 Å². The van der Waals surface area contributed by atoms with Gasteiger partial charge in [-0.1, -0.05) is 45.8 Å². The van der Waals surface area contributed by atoms with Crippen molar-refractivity contribution in [3.63, 3.8) is 0 Å². The molecule has 0 saturated carbocycles. The molecule has 82 valence electrons. The molecular weight excluding hydrogens is 300 g/mol. The number of benzene rings is 1. The minimum absolute atomic E-state index is 0.0299. The summed E-state index contributed by atoms with van der Waals surface area (Å²) in [5.41, 5.74) is 1.50. The second kappa shape index (κ2) is 4.75. The minimum Gasteiger partial charge on any atom is -0.192 e. The number of rotatable bonds is 1. The normalized spacial score (nSPS) is 17.4. The van der Waals surface area contributed by atoms with E-state index in [2.05, 4.69) is 15.9 Å². The van der Waals surface area contributed by atoms with Crippen LogP contribution in [0.3, 0.4) is 0 Å². The first-order valence-electron chi connectivity index (χ1n) is 4.85. The molecule has 0 fully saturated rings. The maximum absolute atomic E-state index is 8.99. The van der Waals surface area contributed by atoms with Gasteiger partial charge in [-0.25, -0.2) is 0 Å². The molecule has 1 aliphatic carbocycles. The summed E-state index contributed by atoms with van der Waals surface area (Å²) in [7, 11) is 0. The molecule has 0 heterocycles. The van der Waals surface area contributed by atoms with Crippen LogP contribution in [0.4, 0.5) is 0 Å². The van der Waals surface area contributed by atoms with Gasteiger partial charge in [0.25, 0.3) is 0 Å². The summed E-state index contributed by atoms with van der Waals surface area (Å²) in [6.07, 6.45) is 5.85. The van der Waals surface area contributed by atoms with Gasteiger partial charge in [-0.2, -0.15) is 10.5 Å². The van der Waals surface area contributed by atoms with Gasteiger partial charge >= 0.3 is 0 Å². The lowest BCUT2D eigenvalue weighted by Gasteiger charge is -2.12. The predicted molar refractivity (Wildman–Crippen MR) is 69.8 cm³/mol. The fraction of sp³-hybridized carbons (Fsp3) is 0.0769. The Morgan fingerprint density at radius 2 is 1.82 bits per heavy atom. The summed E-state index contributed by atoms with van der Waals surface area (Å²) in [5, 5.41) is 18.4. The molecule has 0 saturated heterocycles. The van der Waals surface area contributed by atoms with Gasteiger partial charge in [-0.15, -0.1) is 0 Å². The smallest absolute Gasteiger partial charge is 0.101 e. The van der Waals surface area contributed by atoms with Crippen molar-refractivity contribution < 1.29 is 0 Å². The van der Waals surface area contributed by atoms with E-state index >= 15 is 0 Å². The summed E-state index contributed by atoms with van der Waals surface area (Å²) in [6, 6.07) is 7.20. The molecule has 0 amide bonds. The number of hydrogen-bond acceptors (Lipinski definition) is 2. The topological polar surface area (TPSA) is 47.6 Å². The van der Waals surface area contributed by atoms with Gasteiger partial charge in [-0.3, -0.25) is 0 Å². The summed E-state index contributed by atoms with van der Waals surface area (Å²) < 4.78 is 0.994. The number of halogens is 2. The largest absolute Gasteiger partial charge is 0.192 e. The summed E-state index contributed by atoms with van der Waals surface area (Å²) >= 11 is 9.59. The van der Waals surface area contributed by atoms with E-state index in [-0.39, 0.29) is 5.92 Å². The van der Waals surface area contributed by atoms with Crippen LogP contribution < -0.4 is 0 Å². The van der Waals surface area contributed by atoms with Gasteiger partial charge in [0, 0.05) is 15.4 Å². The molecule has 17 heavy (non-hydrogen) atoms. The van der Waals surface area contributed by atoms with Crippen LogP contribution in [0, 0.1) is 22.7 Å². The number of nitriles is 2. The molecule has 0 aliphatic heterocycles. The third-order valence-electron chi connectivity index (χ3n) is 2.57. The molecule has 1 atom stereocenters. The lowest BCUT2D eigenvalue weighted by molar-refractivity contribution is 1.09. The summed E-state index contributed by atoms with van der Waals surface area (Å²) in [5.74, 6) is 0.0299. The standard InChI is InChI=1S/C13H6BrClN2/c14-12-3-1-2-10(12)11-4-8(6-16)9(7-17)5-13(11)15/h1-5,10H. The van der Waals surface area contributed by atoms with Crippen LogP contribution in [0.2, 0.25) is 5.02 Å². The second-order valence-corrected chi connectivity index (χ2v) is 4.88. The van der Waals surface area contributed by atoms with Gasteiger partial charge in [0.1, 0.15) is 12.1 Å². The Balaban J connectivity index is 2.58. The Bertz CT molecular complexity index is 618. The van der Waals surface area contributed by atoms with Crippen molar-refractivity contribution in [1.29, 1.82) is 10.5 Å². The molecule has 4 heteroatoms. The Kier molecular flexibility index (Phi) is 3.33. The highest BCUT2D eigenvalue weighted by Crippen LogP contribution is 2.38. The Labute approximate surface area is 113 Å². The van der Waals surface area contributed by atoms with E-state index < -0.39 is 0 Å². The molecule has 0 bridgehead atoms. The zero-order valence-corrected chi connectivity index (χ0v) is 11.0. The first-order valence-corrected chi connectivity index (χ1v) is 6.02. The molecule has 1 unspecified atom stereocenters. The molecule has 0 N–H and O–H groups in total. The Morgan fingerprint density at radius 3 is 2.35 bits per heavy atom. The minimum atomic E-state index is 0.0299. The van der Waals surface area contributed by atoms with Crippen molar-refractivity contribution in [3.8, 4) is 12.1 Å². The average Bonchev–Trinajstić information content (AvgIpc) is 2.75. The van der Waals surface area contributed by atoms with Crippen LogP contribution in [-0.4, -0.2) is 0 Å². The first-order chi connectivity index (χ1) is 8.17. The molecule has 1 aromatic rings. The van der Waals surface area contributed by atoms with E-state index in [9.17, 15) is 0 Å². The van der Waals surface area contributed by atoms with Crippen LogP contribution in [-0.2, 0) is 0 Å². The molecule has 0 spiro atoms. The van der Waals surface area contributed by atoms with E-state index in [0.717, 1.165) is 10.0 Å². The highest BCUT2D eigenvalue weighted by molar-refractivity contribution is 9.11. The molecule has 0 aromatic heterocycles. The van der Waals surface area contributed by atoms with Gasteiger partial charge in [-0.05, 0) is 17.7 Å². The molecule has 0 radical (unpaired) electrons. The molecule has 2 rings (SSSR count). The van der Waals surface area contributed by atoms with E-state index in [1.807, 2.05) is 30.4 Å². The van der Waals surface area contributed by atoms with E-state index in [4.69, 9.17) is 22.1 Å². The van der Waals surface area contributed by atoms with Crippen molar-refractivity contribution in [2.75, 3.05) is 0 Å². The number of nitrogens with zero attached hydrogens (tertiary/aromatic N) is 2. The molecular formula is C13H6BrClN2. The van der Waals surface area contributed by atoms with Gasteiger partial charge in [0.05, 0.1) is 11.1 Å². The second-order valence-electron chi connectivity index (χ2n) is 3.56. The first kappa shape index (κ1) is 11.9. The fourth-order valence-electron chi connectivity index (χ4n) is 1.72. The van der Waals surface area contributed by atoms with Gasteiger partial charge < -0.3 is 0 Å². The average molecular weight is 306 g/mol. The van der Waals surface area contributed by atoms with E-state index in [1.54, 1.807) is 12.1 Å². The van der Waals surface area contributed by atoms with Crippen molar-refractivity contribution in [2.45, 2.75) is 5.92 Å². The van der Waals surface area contributed by atoms with Gasteiger partial charge in [0.2, 0.25) is 0 Å². The van der Waals surface area contributed by atoms with Crippen molar-refractivity contribution in [3.05, 3.63) is 56.6 Å². The quantitative estimate of drug-likeness (QED) is 0.787. The van der Waals surface area contributed by atoms with E-state index in [1.165, 1.54) is 0 Å². The zero-order chi connectivity index (χ0) is 12.4. The number of hydrogen-bond donors (Lipinski definition) is 0.